The molecule has 5 nitrogen and oxygen atoms in total. The van der Waals surface area contributed by atoms with Crippen LogP contribution in [0, 0.1) is 0 Å². The molecule has 0 aromatic heterocycles. The van der Waals surface area contributed by atoms with Gasteiger partial charge in [0.25, 0.3) is 0 Å². The lowest BCUT2D eigenvalue weighted by Crippen LogP contribution is -2.36. The Morgan fingerprint density at radius 2 is 1.38 bits per heavy atom. The predicted molar refractivity (Wildman–Crippen MR) is 89.3 cm³/mol. The Kier molecular flexibility index (Phi) is 16.2. The summed E-state index contributed by atoms with van der Waals surface area (Å²) in [5, 5.41) is 3.04. The molecule has 21 heavy (non-hydrogen) atoms. The number of hydrogen-bond donors (Lipinski definition) is 1. The summed E-state index contributed by atoms with van der Waals surface area (Å²) in [7, 11) is 3.75. The van der Waals surface area contributed by atoms with Gasteiger partial charge in [0.2, 0.25) is 11.8 Å². The van der Waals surface area contributed by atoms with E-state index in [0.717, 1.165) is 39.0 Å². The number of nitrogens with zero attached hydrogens (tertiary/aromatic N) is 2. The Labute approximate surface area is 131 Å². The molecule has 0 atom stereocenters. The van der Waals surface area contributed by atoms with Crippen molar-refractivity contribution < 1.29 is 9.59 Å². The van der Waals surface area contributed by atoms with Crippen molar-refractivity contribution >= 4 is 11.8 Å². The second kappa shape index (κ2) is 15.3. The van der Waals surface area contributed by atoms with Crippen LogP contribution in [0.2, 0.25) is 0 Å². The maximum Gasteiger partial charge on any atom is 0.222 e. The molecule has 0 heterocycles. The molecular formula is C16H35N3O2. The van der Waals surface area contributed by atoms with Crippen LogP contribution >= 0.6 is 0 Å². The third-order valence-electron chi connectivity index (χ3n) is 3.07. The van der Waals surface area contributed by atoms with Gasteiger partial charge in [0, 0.05) is 46.1 Å². The molecule has 126 valence electrons. The molecule has 0 fully saturated rings. The van der Waals surface area contributed by atoms with Crippen molar-refractivity contribution in [1.82, 2.24) is 15.1 Å². The Morgan fingerprint density at radius 3 is 1.76 bits per heavy atom. The number of nitrogens with one attached hydrogen (secondary N) is 1. The zero-order valence-electron chi connectivity index (χ0n) is 14.9. The quantitative estimate of drug-likeness (QED) is 0.710. The minimum absolute atomic E-state index is 0.233. The first-order chi connectivity index (χ1) is 9.98. The molecule has 0 aliphatic rings. The van der Waals surface area contributed by atoms with E-state index in [-0.39, 0.29) is 11.8 Å². The maximum absolute atomic E-state index is 11.3. The SMILES string of the molecule is CCCN(C)C(=O)CC.CCCN(CCNC)C(=O)CC. The van der Waals surface area contributed by atoms with Crippen molar-refractivity contribution in [3.05, 3.63) is 0 Å². The van der Waals surface area contributed by atoms with Gasteiger partial charge in [-0.25, -0.2) is 0 Å². The molecule has 0 aliphatic heterocycles. The summed E-state index contributed by atoms with van der Waals surface area (Å²) in [6, 6.07) is 0. The first kappa shape index (κ1) is 22.2. The van der Waals surface area contributed by atoms with Crippen LogP contribution in [-0.4, -0.2) is 61.9 Å². The van der Waals surface area contributed by atoms with Crippen LogP contribution in [0.3, 0.4) is 0 Å². The number of rotatable bonds is 9. The van der Waals surface area contributed by atoms with Crippen molar-refractivity contribution in [3.63, 3.8) is 0 Å². The van der Waals surface area contributed by atoms with Gasteiger partial charge in [0.1, 0.15) is 0 Å². The summed E-state index contributed by atoms with van der Waals surface area (Å²) in [5.41, 5.74) is 0. The Morgan fingerprint density at radius 1 is 0.857 bits per heavy atom. The van der Waals surface area contributed by atoms with Crippen LogP contribution in [0.4, 0.5) is 0 Å². The molecular weight excluding hydrogens is 266 g/mol. The molecule has 2 amide bonds. The van der Waals surface area contributed by atoms with E-state index >= 15 is 0 Å². The van der Waals surface area contributed by atoms with Crippen molar-refractivity contribution in [3.8, 4) is 0 Å². The molecule has 0 aromatic rings. The molecule has 0 aliphatic carbocycles. The van der Waals surface area contributed by atoms with Crippen LogP contribution in [-0.2, 0) is 9.59 Å². The molecule has 5 heteroatoms. The number of amides is 2. The molecule has 0 rings (SSSR count). The van der Waals surface area contributed by atoms with E-state index in [1.54, 1.807) is 4.90 Å². The average molecular weight is 301 g/mol. The highest BCUT2D eigenvalue weighted by Crippen LogP contribution is 1.94. The summed E-state index contributed by atoms with van der Waals surface area (Å²) in [6.45, 7) is 11.4. The fraction of sp³-hybridized carbons (Fsp3) is 0.875. The molecule has 0 aromatic carbocycles. The molecule has 0 spiro atoms. The summed E-state index contributed by atoms with van der Waals surface area (Å²) in [6.07, 6.45) is 3.32. The van der Waals surface area contributed by atoms with Gasteiger partial charge in [-0.2, -0.15) is 0 Å². The van der Waals surface area contributed by atoms with Crippen molar-refractivity contribution in [2.75, 3.05) is 40.3 Å². The average Bonchev–Trinajstić information content (AvgIpc) is 2.50. The van der Waals surface area contributed by atoms with Gasteiger partial charge in [-0.15, -0.1) is 0 Å². The van der Waals surface area contributed by atoms with Gasteiger partial charge in [-0.3, -0.25) is 9.59 Å². The summed E-state index contributed by atoms with van der Waals surface area (Å²) < 4.78 is 0. The fourth-order valence-corrected chi connectivity index (χ4v) is 1.83. The third-order valence-corrected chi connectivity index (χ3v) is 3.07. The van der Waals surface area contributed by atoms with Crippen LogP contribution < -0.4 is 5.32 Å². The summed E-state index contributed by atoms with van der Waals surface area (Å²) in [4.78, 5) is 25.8. The molecule has 0 saturated carbocycles. The second-order valence-electron chi connectivity index (χ2n) is 5.01. The Bertz CT molecular complexity index is 270. The Balaban J connectivity index is 0. The number of carbonyl (C=O) groups excluding carboxylic acids is 2. The Hall–Kier alpha value is -1.10. The van der Waals surface area contributed by atoms with Crippen LogP contribution in [0.5, 0.6) is 0 Å². The van der Waals surface area contributed by atoms with E-state index in [1.165, 1.54) is 0 Å². The van der Waals surface area contributed by atoms with Gasteiger partial charge in [0.05, 0.1) is 0 Å². The monoisotopic (exact) mass is 301 g/mol. The van der Waals surface area contributed by atoms with Crippen LogP contribution in [0.1, 0.15) is 53.4 Å². The first-order valence-corrected chi connectivity index (χ1v) is 8.14. The van der Waals surface area contributed by atoms with E-state index < -0.39 is 0 Å². The van der Waals surface area contributed by atoms with E-state index in [9.17, 15) is 9.59 Å². The first-order valence-electron chi connectivity index (χ1n) is 8.14. The van der Waals surface area contributed by atoms with E-state index in [0.29, 0.717) is 12.8 Å². The van der Waals surface area contributed by atoms with Crippen molar-refractivity contribution in [2.24, 2.45) is 0 Å². The van der Waals surface area contributed by atoms with Crippen molar-refractivity contribution in [2.45, 2.75) is 53.4 Å². The molecule has 0 unspecified atom stereocenters. The third kappa shape index (κ3) is 12.4. The normalized spacial score (nSPS) is 9.62. The molecule has 0 saturated heterocycles. The molecule has 0 bridgehead atoms. The van der Waals surface area contributed by atoms with Gasteiger partial charge in [0.15, 0.2) is 0 Å². The maximum atomic E-state index is 11.3. The summed E-state index contributed by atoms with van der Waals surface area (Å²) >= 11 is 0. The predicted octanol–water partition coefficient (Wildman–Crippen LogP) is 2.12. The van der Waals surface area contributed by atoms with Gasteiger partial charge in [-0.1, -0.05) is 27.7 Å². The van der Waals surface area contributed by atoms with Gasteiger partial charge in [-0.05, 0) is 19.9 Å². The lowest BCUT2D eigenvalue weighted by atomic mass is 10.3. The minimum Gasteiger partial charge on any atom is -0.346 e. The molecule has 0 radical (unpaired) electrons. The zero-order chi connectivity index (χ0) is 16.7. The van der Waals surface area contributed by atoms with Gasteiger partial charge < -0.3 is 15.1 Å². The standard InChI is InChI=1S/C9H20N2O.C7H15NO/c1-4-7-11(8-6-10-3)9(12)5-2;1-4-6-8(3)7(9)5-2/h10H,4-8H2,1-3H3;4-6H2,1-3H3. The van der Waals surface area contributed by atoms with Crippen molar-refractivity contribution in [1.29, 1.82) is 0 Å². The zero-order valence-corrected chi connectivity index (χ0v) is 14.9. The van der Waals surface area contributed by atoms with E-state index in [4.69, 9.17) is 0 Å². The fourth-order valence-electron chi connectivity index (χ4n) is 1.83. The lowest BCUT2D eigenvalue weighted by Gasteiger charge is -2.21. The highest BCUT2D eigenvalue weighted by molar-refractivity contribution is 5.75. The lowest BCUT2D eigenvalue weighted by molar-refractivity contribution is -0.131. The highest BCUT2D eigenvalue weighted by atomic mass is 16.2. The topological polar surface area (TPSA) is 52.7 Å². The van der Waals surface area contributed by atoms with E-state index in [1.807, 2.05) is 32.8 Å². The number of carbonyl (C=O) groups is 2. The highest BCUT2D eigenvalue weighted by Gasteiger charge is 2.08. The summed E-state index contributed by atoms with van der Waals surface area (Å²) in [5.74, 6) is 0.490. The number of hydrogen-bond acceptors (Lipinski definition) is 3. The van der Waals surface area contributed by atoms with Gasteiger partial charge >= 0.3 is 0 Å². The van der Waals surface area contributed by atoms with Crippen LogP contribution in [0.25, 0.3) is 0 Å². The second-order valence-corrected chi connectivity index (χ2v) is 5.01. The number of likely N-dealkylation sites (N-methyl/N-ethyl adjacent to an activating group) is 1. The molecule has 1 N–H and O–H groups in total. The van der Waals surface area contributed by atoms with E-state index in [2.05, 4.69) is 19.2 Å². The smallest absolute Gasteiger partial charge is 0.222 e. The largest absolute Gasteiger partial charge is 0.346 e. The van der Waals surface area contributed by atoms with Crippen LogP contribution in [0.15, 0.2) is 0 Å². The minimum atomic E-state index is 0.233.